The quantitative estimate of drug-likeness (QED) is 0.395. The lowest BCUT2D eigenvalue weighted by atomic mass is 10.2. The Morgan fingerprint density at radius 1 is 1.33 bits per heavy atom. The van der Waals surface area contributed by atoms with E-state index < -0.39 is 13.4 Å². The lowest BCUT2D eigenvalue weighted by Gasteiger charge is -2.24. The number of hydrogen-bond acceptors (Lipinski definition) is 5. The van der Waals surface area contributed by atoms with Crippen molar-refractivity contribution in [2.45, 2.75) is 33.5 Å². The van der Waals surface area contributed by atoms with Crippen molar-refractivity contribution < 1.29 is 13.6 Å². The van der Waals surface area contributed by atoms with Crippen LogP contribution in [0.1, 0.15) is 27.7 Å². The van der Waals surface area contributed by atoms with E-state index >= 15 is 0 Å². The first-order valence-corrected chi connectivity index (χ1v) is 6.99. The average molecular weight is 251 g/mol. The predicted octanol–water partition coefficient (Wildman–Crippen LogP) is 3.34. The molecule has 0 rings (SSSR count). The van der Waals surface area contributed by atoms with Crippen LogP contribution in [0.5, 0.6) is 0 Å². The zero-order valence-electron chi connectivity index (χ0n) is 9.60. The van der Waals surface area contributed by atoms with Crippen LogP contribution in [0.15, 0.2) is 4.99 Å². The van der Waals surface area contributed by atoms with Gasteiger partial charge in [-0.05, 0) is 32.0 Å². The van der Waals surface area contributed by atoms with E-state index in [0.717, 1.165) is 0 Å². The maximum atomic E-state index is 12.3. The summed E-state index contributed by atoms with van der Waals surface area (Å²) < 4.78 is 22.7. The Morgan fingerprint density at radius 2 is 1.80 bits per heavy atom. The van der Waals surface area contributed by atoms with E-state index in [1.165, 1.54) is 0 Å². The molecule has 0 saturated carbocycles. The molecular weight excluding hydrogens is 233 g/mol. The Balaban J connectivity index is 4.98. The summed E-state index contributed by atoms with van der Waals surface area (Å²) in [5.41, 5.74) is 0. The van der Waals surface area contributed by atoms with Crippen LogP contribution in [0.3, 0.4) is 0 Å². The second-order valence-corrected chi connectivity index (χ2v) is 5.56. The summed E-state index contributed by atoms with van der Waals surface area (Å²) in [4.78, 5) is 3.88. The molecule has 0 aromatic heterocycles. The molecule has 0 aliphatic heterocycles. The van der Waals surface area contributed by atoms with Crippen LogP contribution in [0, 0.1) is 5.92 Å². The van der Waals surface area contributed by atoms with Gasteiger partial charge in [-0.2, -0.15) is 0 Å². The van der Waals surface area contributed by atoms with Crippen molar-refractivity contribution in [1.82, 2.24) is 0 Å². The van der Waals surface area contributed by atoms with Crippen molar-refractivity contribution in [2.75, 3.05) is 13.2 Å². The van der Waals surface area contributed by atoms with Gasteiger partial charge in [-0.1, -0.05) is 13.8 Å². The number of isothiocyanates is 1. The summed E-state index contributed by atoms with van der Waals surface area (Å²) in [6, 6.07) is 0. The van der Waals surface area contributed by atoms with Crippen molar-refractivity contribution in [1.29, 1.82) is 0 Å². The van der Waals surface area contributed by atoms with Crippen LogP contribution >= 0.6 is 19.8 Å². The van der Waals surface area contributed by atoms with Gasteiger partial charge in [0.1, 0.15) is 0 Å². The maximum absolute atomic E-state index is 12.3. The summed E-state index contributed by atoms with van der Waals surface area (Å²) >= 11 is 4.54. The Hall–Kier alpha value is -0.0500. The van der Waals surface area contributed by atoms with Crippen molar-refractivity contribution in [3.8, 4) is 0 Å². The molecule has 4 nitrogen and oxygen atoms in total. The molecule has 0 aliphatic carbocycles. The van der Waals surface area contributed by atoms with Crippen LogP contribution in [0.4, 0.5) is 0 Å². The van der Waals surface area contributed by atoms with Crippen molar-refractivity contribution in [3.63, 3.8) is 0 Å². The lowest BCUT2D eigenvalue weighted by molar-refractivity contribution is 0.207. The highest BCUT2D eigenvalue weighted by molar-refractivity contribution is 7.78. The molecule has 0 heterocycles. The topological polar surface area (TPSA) is 47.9 Å². The third-order valence-corrected chi connectivity index (χ3v) is 4.42. The SMILES string of the molecule is CCOP(=O)(OCC)C(N=C=S)C(C)C. The zero-order valence-corrected chi connectivity index (χ0v) is 11.3. The molecular formula is C9H18NO3PS. The predicted molar refractivity (Wildman–Crippen MR) is 64.5 cm³/mol. The fourth-order valence-corrected chi connectivity index (χ4v) is 3.41. The monoisotopic (exact) mass is 251 g/mol. The van der Waals surface area contributed by atoms with Gasteiger partial charge in [0.25, 0.3) is 0 Å². The van der Waals surface area contributed by atoms with E-state index in [1.807, 2.05) is 13.8 Å². The standard InChI is InChI=1S/C9H18NO3PS/c1-5-12-14(11,13-6-2)9(8(3)4)10-7-15/h8-9H,5-6H2,1-4H3. The number of rotatable bonds is 7. The highest BCUT2D eigenvalue weighted by atomic mass is 32.1. The molecule has 0 aromatic carbocycles. The van der Waals surface area contributed by atoms with Gasteiger partial charge in [-0.3, -0.25) is 4.57 Å². The number of thiocarbonyl (C=S) groups is 1. The third-order valence-electron chi connectivity index (χ3n) is 1.72. The fourth-order valence-electron chi connectivity index (χ4n) is 1.19. The van der Waals surface area contributed by atoms with Crippen molar-refractivity contribution >= 4 is 25.0 Å². The van der Waals surface area contributed by atoms with Crippen LogP contribution in [0.2, 0.25) is 0 Å². The molecule has 0 radical (unpaired) electrons. The van der Waals surface area contributed by atoms with Crippen molar-refractivity contribution in [2.24, 2.45) is 10.9 Å². The first-order valence-electron chi connectivity index (χ1n) is 4.97. The van der Waals surface area contributed by atoms with Gasteiger partial charge >= 0.3 is 7.60 Å². The minimum Gasteiger partial charge on any atom is -0.307 e. The average Bonchev–Trinajstić information content (AvgIpc) is 2.14. The summed E-state index contributed by atoms with van der Waals surface area (Å²) in [6.07, 6.45) is 0. The molecule has 0 amide bonds. The Kier molecular flexibility index (Phi) is 7.24. The molecule has 6 heteroatoms. The number of aliphatic imine (C=N–C) groups is 1. The molecule has 0 N–H and O–H groups in total. The second kappa shape index (κ2) is 7.26. The molecule has 0 bridgehead atoms. The zero-order chi connectivity index (χ0) is 11.9. The molecule has 88 valence electrons. The van der Waals surface area contributed by atoms with E-state index in [2.05, 4.69) is 22.4 Å². The molecule has 0 spiro atoms. The van der Waals surface area contributed by atoms with E-state index in [9.17, 15) is 4.57 Å². The van der Waals surface area contributed by atoms with Crippen molar-refractivity contribution in [3.05, 3.63) is 0 Å². The third kappa shape index (κ3) is 4.54. The normalized spacial score (nSPS) is 13.7. The minimum atomic E-state index is -3.20. The lowest BCUT2D eigenvalue weighted by Crippen LogP contribution is -2.17. The maximum Gasteiger partial charge on any atom is 0.356 e. The van der Waals surface area contributed by atoms with Gasteiger partial charge in [-0.25, -0.2) is 4.99 Å². The van der Waals surface area contributed by atoms with Gasteiger partial charge in [0.2, 0.25) is 0 Å². The number of nitrogens with zero attached hydrogens (tertiary/aromatic N) is 1. The molecule has 15 heavy (non-hydrogen) atoms. The first-order chi connectivity index (χ1) is 7.01. The molecule has 0 aliphatic rings. The van der Waals surface area contributed by atoms with E-state index in [0.29, 0.717) is 13.2 Å². The van der Waals surface area contributed by atoms with Crippen LogP contribution in [-0.2, 0) is 13.6 Å². The van der Waals surface area contributed by atoms with Gasteiger partial charge in [-0.15, -0.1) is 0 Å². The van der Waals surface area contributed by atoms with E-state index in [1.54, 1.807) is 13.8 Å². The van der Waals surface area contributed by atoms with E-state index in [-0.39, 0.29) is 5.92 Å². The summed E-state index contributed by atoms with van der Waals surface area (Å²) in [5, 5.41) is 2.25. The summed E-state index contributed by atoms with van der Waals surface area (Å²) in [6.45, 7) is 7.98. The van der Waals surface area contributed by atoms with Crippen LogP contribution in [-0.4, -0.2) is 24.2 Å². The van der Waals surface area contributed by atoms with Gasteiger partial charge in [0.05, 0.1) is 18.4 Å². The largest absolute Gasteiger partial charge is 0.356 e. The highest BCUT2D eigenvalue weighted by Crippen LogP contribution is 2.55. The highest BCUT2D eigenvalue weighted by Gasteiger charge is 2.37. The fraction of sp³-hybridized carbons (Fsp3) is 0.889. The Bertz CT molecular complexity index is 267. The molecule has 0 saturated heterocycles. The van der Waals surface area contributed by atoms with Gasteiger partial charge < -0.3 is 9.05 Å². The van der Waals surface area contributed by atoms with E-state index in [4.69, 9.17) is 9.05 Å². The summed E-state index contributed by atoms with van der Waals surface area (Å²) in [5.74, 6) is -0.528. The smallest absolute Gasteiger partial charge is 0.307 e. The minimum absolute atomic E-state index is 0.0318. The molecule has 0 aromatic rings. The second-order valence-electron chi connectivity index (χ2n) is 3.25. The molecule has 1 atom stereocenters. The van der Waals surface area contributed by atoms with Gasteiger partial charge in [0, 0.05) is 0 Å². The van der Waals surface area contributed by atoms with Gasteiger partial charge in [0.15, 0.2) is 5.78 Å². The Morgan fingerprint density at radius 3 is 2.07 bits per heavy atom. The first kappa shape index (κ1) is 14.9. The Labute approximate surface area is 96.6 Å². The van der Waals surface area contributed by atoms with Crippen LogP contribution < -0.4 is 0 Å². The number of hydrogen-bond donors (Lipinski definition) is 0. The molecule has 0 fully saturated rings. The van der Waals surface area contributed by atoms with Crippen LogP contribution in [0.25, 0.3) is 0 Å². The summed E-state index contributed by atoms with van der Waals surface area (Å²) in [7, 11) is -3.20. The molecule has 1 unspecified atom stereocenters.